The van der Waals surface area contributed by atoms with Gasteiger partial charge in [-0.1, -0.05) is 49.4 Å². The monoisotopic (exact) mass is 456 g/mol. The predicted octanol–water partition coefficient (Wildman–Crippen LogP) is 5.40. The maximum Gasteiger partial charge on any atom is 0.333 e. The Labute approximate surface area is 201 Å². The van der Waals surface area contributed by atoms with Gasteiger partial charge in [0.2, 0.25) is 0 Å². The Kier molecular flexibility index (Phi) is 6.96. The van der Waals surface area contributed by atoms with E-state index in [4.69, 9.17) is 14.7 Å². The highest BCUT2D eigenvalue weighted by atomic mass is 16.5. The average molecular weight is 457 g/mol. The second-order valence-electron chi connectivity index (χ2n) is 8.51. The van der Waals surface area contributed by atoms with Crippen molar-refractivity contribution in [3.05, 3.63) is 88.9 Å². The molecular formula is C28H32N4O2. The number of carbonyl (C=O) groups is 1. The zero-order chi connectivity index (χ0) is 24.2. The Balaban J connectivity index is 1.66. The predicted molar refractivity (Wildman–Crippen MR) is 136 cm³/mol. The van der Waals surface area contributed by atoms with Crippen LogP contribution in [0.5, 0.6) is 0 Å². The van der Waals surface area contributed by atoms with E-state index in [0.29, 0.717) is 13.1 Å². The normalized spacial score (nSPS) is 12.0. The number of esters is 1. The highest BCUT2D eigenvalue weighted by Gasteiger charge is 2.28. The number of rotatable bonds is 8. The summed E-state index contributed by atoms with van der Waals surface area (Å²) in [5.41, 5.74) is 7.10. The summed E-state index contributed by atoms with van der Waals surface area (Å²) in [6.45, 7) is 9.65. The summed E-state index contributed by atoms with van der Waals surface area (Å²) in [6.07, 6.45) is 0.842. The zero-order valence-electron chi connectivity index (χ0n) is 20.6. The van der Waals surface area contributed by atoms with Crippen LogP contribution < -0.4 is 4.90 Å². The minimum absolute atomic E-state index is 0.272. The molecule has 0 fully saturated rings. The number of fused-ring (bicyclic) bond motifs is 1. The second-order valence-corrected chi connectivity index (χ2v) is 8.51. The van der Waals surface area contributed by atoms with Gasteiger partial charge in [0.05, 0.1) is 13.7 Å². The molecule has 2 aromatic heterocycles. The Morgan fingerprint density at radius 3 is 2.35 bits per heavy atom. The lowest BCUT2D eigenvalue weighted by atomic mass is 10.0. The van der Waals surface area contributed by atoms with Crippen LogP contribution in [-0.4, -0.2) is 34.2 Å². The Morgan fingerprint density at radius 2 is 1.74 bits per heavy atom. The molecule has 0 saturated heterocycles. The van der Waals surface area contributed by atoms with Crippen LogP contribution in [0.15, 0.2) is 60.7 Å². The largest absolute Gasteiger partial charge is 0.467 e. The first kappa shape index (κ1) is 23.5. The molecule has 0 spiro atoms. The molecular weight excluding hydrogens is 424 g/mol. The number of ether oxygens (including phenoxy) is 1. The summed E-state index contributed by atoms with van der Waals surface area (Å²) >= 11 is 0. The lowest BCUT2D eigenvalue weighted by Crippen LogP contribution is -2.34. The van der Waals surface area contributed by atoms with Crippen molar-refractivity contribution in [2.75, 3.05) is 18.6 Å². The first-order valence-corrected chi connectivity index (χ1v) is 11.8. The molecule has 0 aliphatic heterocycles. The molecule has 0 bridgehead atoms. The first-order valence-electron chi connectivity index (χ1n) is 11.8. The molecule has 6 heteroatoms. The molecule has 0 amide bonds. The van der Waals surface area contributed by atoms with Crippen LogP contribution in [0.1, 0.15) is 48.1 Å². The molecule has 4 rings (SSSR count). The van der Waals surface area contributed by atoms with Gasteiger partial charge in [-0.25, -0.2) is 14.8 Å². The molecule has 176 valence electrons. The summed E-state index contributed by atoms with van der Waals surface area (Å²) in [6, 6.07) is 19.7. The first-order chi connectivity index (χ1) is 16.5. The molecule has 0 radical (unpaired) electrons. The van der Waals surface area contributed by atoms with E-state index >= 15 is 0 Å². The number of methoxy groups -OCH3 is 1. The minimum Gasteiger partial charge on any atom is -0.467 e. The Bertz CT molecular complexity index is 1280. The quantitative estimate of drug-likeness (QED) is 0.332. The number of imidazole rings is 1. The van der Waals surface area contributed by atoms with Crippen molar-refractivity contribution in [1.82, 2.24) is 14.5 Å². The minimum atomic E-state index is -0.499. The van der Waals surface area contributed by atoms with Gasteiger partial charge >= 0.3 is 5.97 Å². The molecule has 0 saturated carbocycles. The van der Waals surface area contributed by atoms with Crippen molar-refractivity contribution in [3.63, 3.8) is 0 Å². The molecule has 1 atom stereocenters. The van der Waals surface area contributed by atoms with Gasteiger partial charge < -0.3 is 14.2 Å². The Morgan fingerprint density at radius 1 is 1.03 bits per heavy atom. The number of aromatic nitrogens is 3. The summed E-state index contributed by atoms with van der Waals surface area (Å²) in [4.78, 5) is 24.4. The van der Waals surface area contributed by atoms with Gasteiger partial charge in [-0.3, -0.25) is 0 Å². The number of aryl methyl sites for hydroxylation is 3. The number of benzene rings is 2. The van der Waals surface area contributed by atoms with E-state index in [1.165, 1.54) is 7.11 Å². The van der Waals surface area contributed by atoms with E-state index < -0.39 is 6.04 Å². The zero-order valence-corrected chi connectivity index (χ0v) is 20.6. The van der Waals surface area contributed by atoms with Gasteiger partial charge in [-0.15, -0.1) is 0 Å². The lowest BCUT2D eigenvalue weighted by molar-refractivity contribution is -0.142. The van der Waals surface area contributed by atoms with Crippen LogP contribution in [0, 0.1) is 13.8 Å². The van der Waals surface area contributed by atoms with Crippen molar-refractivity contribution >= 4 is 22.8 Å². The van der Waals surface area contributed by atoms with Crippen LogP contribution in [0.3, 0.4) is 0 Å². The smallest absolute Gasteiger partial charge is 0.333 e. The highest BCUT2D eigenvalue weighted by Crippen LogP contribution is 2.29. The summed E-state index contributed by atoms with van der Waals surface area (Å²) in [5, 5.41) is 0. The van der Waals surface area contributed by atoms with E-state index in [0.717, 1.165) is 51.5 Å². The molecule has 0 aliphatic rings. The number of nitrogens with zero attached hydrogens (tertiary/aromatic N) is 4. The molecule has 0 aliphatic carbocycles. The fourth-order valence-electron chi connectivity index (χ4n) is 4.56. The van der Waals surface area contributed by atoms with Crippen molar-refractivity contribution in [1.29, 1.82) is 0 Å². The third-order valence-corrected chi connectivity index (χ3v) is 6.22. The highest BCUT2D eigenvalue weighted by molar-refractivity contribution is 5.82. The third kappa shape index (κ3) is 4.53. The van der Waals surface area contributed by atoms with Crippen molar-refractivity contribution < 1.29 is 9.53 Å². The molecule has 6 nitrogen and oxygen atoms in total. The molecule has 0 N–H and O–H groups in total. The van der Waals surface area contributed by atoms with Crippen LogP contribution in [-0.2, 0) is 22.5 Å². The number of likely N-dealkylation sites (N-methyl/N-ethyl adjacent to an activating group) is 1. The van der Waals surface area contributed by atoms with E-state index in [9.17, 15) is 4.79 Å². The topological polar surface area (TPSA) is 60.2 Å². The number of pyridine rings is 1. The van der Waals surface area contributed by atoms with Crippen LogP contribution >= 0.6 is 0 Å². The van der Waals surface area contributed by atoms with E-state index in [1.807, 2.05) is 44.2 Å². The van der Waals surface area contributed by atoms with E-state index in [2.05, 4.69) is 53.6 Å². The average Bonchev–Trinajstić information content (AvgIpc) is 3.20. The standard InChI is InChI=1S/C28H32N4O2/c1-6-24-30-25-19(3)17-20(4)29-27(25)32(24)18-21-13-15-23(16-14-21)31(7-2)26(28(33)34-5)22-11-9-8-10-12-22/h8-17,26H,6-7,18H2,1-5H3. The number of anilines is 1. The van der Waals surface area contributed by atoms with Gasteiger partial charge in [-0.2, -0.15) is 0 Å². The maximum absolute atomic E-state index is 12.7. The van der Waals surface area contributed by atoms with Crippen LogP contribution in [0.2, 0.25) is 0 Å². The van der Waals surface area contributed by atoms with Gasteiger partial charge in [0.25, 0.3) is 0 Å². The molecule has 4 aromatic rings. The number of carbonyl (C=O) groups excluding carboxylic acids is 1. The molecule has 1 unspecified atom stereocenters. The molecule has 2 aromatic carbocycles. The summed E-state index contributed by atoms with van der Waals surface area (Å²) in [7, 11) is 1.44. The van der Waals surface area contributed by atoms with Crippen LogP contribution in [0.25, 0.3) is 11.2 Å². The SMILES string of the molecule is CCc1nc2c(C)cc(C)nc2n1Cc1ccc(N(CC)C(C(=O)OC)c2ccccc2)cc1. The maximum atomic E-state index is 12.7. The molecule has 34 heavy (non-hydrogen) atoms. The number of hydrogen-bond acceptors (Lipinski definition) is 5. The van der Waals surface area contributed by atoms with Crippen LogP contribution in [0.4, 0.5) is 5.69 Å². The third-order valence-electron chi connectivity index (χ3n) is 6.22. The van der Waals surface area contributed by atoms with E-state index in [-0.39, 0.29) is 5.97 Å². The van der Waals surface area contributed by atoms with E-state index in [1.54, 1.807) is 0 Å². The van der Waals surface area contributed by atoms with Crippen molar-refractivity contribution in [3.8, 4) is 0 Å². The van der Waals surface area contributed by atoms with Gasteiger partial charge in [0.15, 0.2) is 11.7 Å². The summed E-state index contributed by atoms with van der Waals surface area (Å²) in [5.74, 6) is 0.761. The van der Waals surface area contributed by atoms with Gasteiger partial charge in [0, 0.05) is 24.3 Å². The van der Waals surface area contributed by atoms with Crippen molar-refractivity contribution in [2.24, 2.45) is 0 Å². The second kappa shape index (κ2) is 10.1. The fourth-order valence-corrected chi connectivity index (χ4v) is 4.56. The Hall–Kier alpha value is -3.67. The fraction of sp³-hybridized carbons (Fsp3) is 0.321. The lowest BCUT2D eigenvalue weighted by Gasteiger charge is -2.31. The van der Waals surface area contributed by atoms with Gasteiger partial charge in [-0.05, 0) is 55.7 Å². The summed E-state index contributed by atoms with van der Waals surface area (Å²) < 4.78 is 7.36. The number of hydrogen-bond donors (Lipinski definition) is 0. The van der Waals surface area contributed by atoms with Crippen molar-refractivity contribution in [2.45, 2.75) is 46.7 Å². The molecule has 2 heterocycles. The van der Waals surface area contributed by atoms with Gasteiger partial charge in [0.1, 0.15) is 11.3 Å².